The summed E-state index contributed by atoms with van der Waals surface area (Å²) >= 11 is 0.933. The average Bonchev–Trinajstić information content (AvgIpc) is 3.42. The van der Waals surface area contributed by atoms with E-state index in [1.165, 1.54) is 11.0 Å². The van der Waals surface area contributed by atoms with Gasteiger partial charge in [0, 0.05) is 5.56 Å². The highest BCUT2D eigenvalue weighted by atomic mass is 32.1. The van der Waals surface area contributed by atoms with Crippen LogP contribution in [0.15, 0.2) is 79.4 Å². The Hall–Kier alpha value is -4.50. The van der Waals surface area contributed by atoms with Crippen LogP contribution in [0.5, 0.6) is 5.75 Å². The van der Waals surface area contributed by atoms with Crippen LogP contribution in [0.2, 0.25) is 0 Å². The Balaban J connectivity index is 1.88. The van der Waals surface area contributed by atoms with Gasteiger partial charge in [-0.15, -0.1) is 0 Å². The van der Waals surface area contributed by atoms with E-state index in [2.05, 4.69) is 18.1 Å². The van der Waals surface area contributed by atoms with Crippen molar-refractivity contribution >= 4 is 39.9 Å². The lowest BCUT2D eigenvalue weighted by Gasteiger charge is -2.23. The lowest BCUT2D eigenvalue weighted by atomic mass is 9.95. The number of aromatic nitrogens is 1. The maximum atomic E-state index is 13.4. The molecule has 1 amide bonds. The summed E-state index contributed by atoms with van der Waals surface area (Å²) in [5.74, 6) is -2.17. The zero-order valence-corrected chi connectivity index (χ0v) is 21.8. The molecule has 1 aliphatic rings. The largest absolute Gasteiger partial charge is 0.507 e. The molecule has 0 radical (unpaired) electrons. The van der Waals surface area contributed by atoms with Gasteiger partial charge in [-0.1, -0.05) is 78.6 Å². The van der Waals surface area contributed by atoms with Crippen LogP contribution in [0.3, 0.4) is 0 Å². The first-order valence-electron chi connectivity index (χ1n) is 11.7. The minimum absolute atomic E-state index is 0.0179. The number of Topliss-reactive ketones (excluding diaryl/α,β-unsaturated/α-hetero) is 1. The summed E-state index contributed by atoms with van der Waals surface area (Å²) in [5, 5.41) is 11.4. The number of hydrogen-bond donors (Lipinski definition) is 1. The molecule has 2 heterocycles. The Morgan fingerprint density at radius 1 is 1.11 bits per heavy atom. The van der Waals surface area contributed by atoms with E-state index < -0.39 is 23.7 Å². The number of nitrogens with zero attached hydrogens (tertiary/aromatic N) is 2. The third kappa shape index (κ3) is 5.14. The molecule has 9 heteroatoms. The van der Waals surface area contributed by atoms with Crippen LogP contribution >= 0.6 is 11.3 Å². The molecule has 0 bridgehead atoms. The number of carbonyl (C=O) groups is 3. The topological polar surface area (TPSA) is 106 Å². The van der Waals surface area contributed by atoms with Gasteiger partial charge in [-0.05, 0) is 31.5 Å². The SMILES string of the molecule is C=CCOC(=O)c1sc(N2C(=O)C(=O)/C(=C(/O)c3ccc(C)cc3)C2c2cccc(OCC=C)c2)nc1C. The Morgan fingerprint density at radius 3 is 2.50 bits per heavy atom. The van der Waals surface area contributed by atoms with E-state index in [4.69, 9.17) is 9.47 Å². The zero-order chi connectivity index (χ0) is 27.4. The Morgan fingerprint density at radius 2 is 1.82 bits per heavy atom. The fraction of sp³-hybridized carbons (Fsp3) is 0.172. The first-order chi connectivity index (χ1) is 18.3. The summed E-state index contributed by atoms with van der Waals surface area (Å²) in [4.78, 5) is 45.2. The van der Waals surface area contributed by atoms with Crippen LogP contribution in [0.25, 0.3) is 5.76 Å². The van der Waals surface area contributed by atoms with Crippen LogP contribution in [-0.4, -0.2) is 41.0 Å². The molecule has 1 saturated heterocycles. The molecule has 38 heavy (non-hydrogen) atoms. The zero-order valence-electron chi connectivity index (χ0n) is 21.0. The number of aliphatic hydroxyl groups is 1. The maximum absolute atomic E-state index is 13.4. The van der Waals surface area contributed by atoms with E-state index in [1.807, 2.05) is 6.92 Å². The molecule has 1 fully saturated rings. The van der Waals surface area contributed by atoms with Gasteiger partial charge in [0.05, 0.1) is 17.3 Å². The van der Waals surface area contributed by atoms with Crippen LogP contribution in [-0.2, 0) is 14.3 Å². The summed E-state index contributed by atoms with van der Waals surface area (Å²) in [5.41, 5.74) is 2.13. The molecule has 1 N–H and O–H groups in total. The second kappa shape index (κ2) is 11.3. The van der Waals surface area contributed by atoms with Gasteiger partial charge in [0.1, 0.15) is 29.6 Å². The molecule has 2 aromatic carbocycles. The molecule has 1 aromatic heterocycles. The molecule has 3 aromatic rings. The molecule has 4 rings (SSSR count). The van der Waals surface area contributed by atoms with Gasteiger partial charge in [0.15, 0.2) is 5.13 Å². The number of esters is 1. The molecule has 0 saturated carbocycles. The molecule has 8 nitrogen and oxygen atoms in total. The lowest BCUT2D eigenvalue weighted by molar-refractivity contribution is -0.132. The number of aryl methyl sites for hydroxylation is 2. The number of carbonyl (C=O) groups excluding carboxylic acids is 3. The van der Waals surface area contributed by atoms with E-state index in [0.29, 0.717) is 22.6 Å². The van der Waals surface area contributed by atoms with E-state index in [0.717, 1.165) is 16.9 Å². The van der Waals surface area contributed by atoms with Gasteiger partial charge in [-0.25, -0.2) is 9.78 Å². The van der Waals surface area contributed by atoms with Gasteiger partial charge in [-0.3, -0.25) is 14.5 Å². The van der Waals surface area contributed by atoms with Crippen molar-refractivity contribution < 1.29 is 29.0 Å². The number of aliphatic hydroxyl groups excluding tert-OH is 1. The predicted octanol–water partition coefficient (Wildman–Crippen LogP) is 5.29. The van der Waals surface area contributed by atoms with Crippen molar-refractivity contribution in [3.8, 4) is 5.75 Å². The number of thiazole rings is 1. The highest BCUT2D eigenvalue weighted by molar-refractivity contribution is 7.17. The number of anilines is 1. The first-order valence-corrected chi connectivity index (χ1v) is 12.6. The fourth-order valence-electron chi connectivity index (χ4n) is 4.02. The van der Waals surface area contributed by atoms with Gasteiger partial charge < -0.3 is 14.6 Å². The Kier molecular flexibility index (Phi) is 7.87. The smallest absolute Gasteiger partial charge is 0.350 e. The lowest BCUT2D eigenvalue weighted by Crippen LogP contribution is -2.29. The number of ketones is 1. The number of rotatable bonds is 9. The molecule has 1 unspecified atom stereocenters. The van der Waals surface area contributed by atoms with Gasteiger partial charge in [0.2, 0.25) is 0 Å². The fourth-order valence-corrected chi connectivity index (χ4v) is 5.00. The number of hydrogen-bond acceptors (Lipinski definition) is 8. The minimum Gasteiger partial charge on any atom is -0.507 e. The van der Waals surface area contributed by atoms with Crippen molar-refractivity contribution in [1.29, 1.82) is 0 Å². The van der Waals surface area contributed by atoms with Crippen molar-refractivity contribution in [3.05, 3.63) is 107 Å². The van der Waals surface area contributed by atoms with Gasteiger partial charge in [-0.2, -0.15) is 0 Å². The summed E-state index contributed by atoms with van der Waals surface area (Å²) < 4.78 is 10.8. The first kappa shape index (κ1) is 26.6. The molecule has 0 aliphatic carbocycles. The highest BCUT2D eigenvalue weighted by Gasteiger charge is 2.48. The molecule has 1 aliphatic heterocycles. The maximum Gasteiger partial charge on any atom is 0.350 e. The van der Waals surface area contributed by atoms with E-state index in [9.17, 15) is 19.5 Å². The number of ether oxygens (including phenoxy) is 2. The summed E-state index contributed by atoms with van der Waals surface area (Å²) in [6, 6.07) is 12.8. The van der Waals surface area contributed by atoms with E-state index in [1.54, 1.807) is 61.5 Å². The van der Waals surface area contributed by atoms with E-state index in [-0.39, 0.29) is 34.6 Å². The van der Waals surface area contributed by atoms with Crippen molar-refractivity contribution in [1.82, 2.24) is 4.98 Å². The van der Waals surface area contributed by atoms with Crippen molar-refractivity contribution in [2.75, 3.05) is 18.1 Å². The molecule has 1 atom stereocenters. The number of benzene rings is 2. The predicted molar refractivity (Wildman–Crippen MR) is 145 cm³/mol. The van der Waals surface area contributed by atoms with Crippen LogP contribution in [0.1, 0.15) is 38.1 Å². The standard InChI is InChI=1S/C29H26N2O6S/c1-5-14-36-21-9-7-8-20(16-21)23-22(24(32)19-12-10-17(3)11-13-19)25(33)27(34)31(23)29-30-18(4)26(38-29)28(35)37-15-6-2/h5-13,16,23,32H,1-2,14-15H2,3-4H3/b24-22+. The van der Waals surface area contributed by atoms with Crippen LogP contribution in [0.4, 0.5) is 5.13 Å². The average molecular weight is 531 g/mol. The monoisotopic (exact) mass is 530 g/mol. The molecule has 194 valence electrons. The van der Waals surface area contributed by atoms with Crippen LogP contribution < -0.4 is 9.64 Å². The summed E-state index contributed by atoms with van der Waals surface area (Å²) in [6.07, 6.45) is 3.04. The number of amides is 1. The van der Waals surface area contributed by atoms with Gasteiger partial charge >= 0.3 is 11.9 Å². The summed E-state index contributed by atoms with van der Waals surface area (Å²) in [6.45, 7) is 11.0. The minimum atomic E-state index is -1.02. The normalized spacial score (nSPS) is 16.4. The Bertz CT molecular complexity index is 1450. The van der Waals surface area contributed by atoms with Crippen molar-refractivity contribution in [3.63, 3.8) is 0 Å². The second-order valence-electron chi connectivity index (χ2n) is 8.51. The Labute approximate surface area is 224 Å². The molecular formula is C29H26N2O6S. The third-order valence-electron chi connectivity index (χ3n) is 5.82. The molecular weight excluding hydrogens is 504 g/mol. The third-order valence-corrected chi connectivity index (χ3v) is 6.96. The van der Waals surface area contributed by atoms with E-state index >= 15 is 0 Å². The quantitative estimate of drug-likeness (QED) is 0.132. The summed E-state index contributed by atoms with van der Waals surface area (Å²) in [7, 11) is 0. The molecule has 0 spiro atoms. The second-order valence-corrected chi connectivity index (χ2v) is 9.48. The van der Waals surface area contributed by atoms with Crippen molar-refractivity contribution in [2.24, 2.45) is 0 Å². The van der Waals surface area contributed by atoms with Crippen LogP contribution in [0, 0.1) is 13.8 Å². The van der Waals surface area contributed by atoms with Gasteiger partial charge in [0.25, 0.3) is 5.78 Å². The highest BCUT2D eigenvalue weighted by Crippen LogP contribution is 2.44. The van der Waals surface area contributed by atoms with Crippen molar-refractivity contribution in [2.45, 2.75) is 19.9 Å².